The van der Waals surface area contributed by atoms with Gasteiger partial charge in [0.1, 0.15) is 5.54 Å². The molecule has 21 heavy (non-hydrogen) atoms. The molecule has 1 unspecified atom stereocenters. The van der Waals surface area contributed by atoms with E-state index < -0.39 is 5.54 Å². The number of nitrogens with one attached hydrogen (secondary N) is 1. The maximum atomic E-state index is 12.0. The predicted octanol–water partition coefficient (Wildman–Crippen LogP) is 1.56. The third kappa shape index (κ3) is 4.94. The summed E-state index contributed by atoms with van der Waals surface area (Å²) in [6.07, 6.45) is 6.87. The Hall–Kier alpha value is -0.650. The van der Waals surface area contributed by atoms with E-state index in [9.17, 15) is 4.79 Å². The van der Waals surface area contributed by atoms with E-state index in [4.69, 9.17) is 9.47 Å². The molecule has 0 amide bonds. The Kier molecular flexibility index (Phi) is 6.02. The highest BCUT2D eigenvalue weighted by Crippen LogP contribution is 2.26. The van der Waals surface area contributed by atoms with Crippen LogP contribution in [0.15, 0.2) is 0 Å². The van der Waals surface area contributed by atoms with Gasteiger partial charge < -0.3 is 14.4 Å². The molecule has 2 aliphatic rings. The van der Waals surface area contributed by atoms with Gasteiger partial charge in [0.2, 0.25) is 0 Å². The van der Waals surface area contributed by atoms with Crippen LogP contribution >= 0.6 is 0 Å². The Morgan fingerprint density at radius 1 is 1.24 bits per heavy atom. The fraction of sp³-hybridized carbons (Fsp3) is 0.938. The Morgan fingerprint density at radius 2 is 1.90 bits per heavy atom. The van der Waals surface area contributed by atoms with Gasteiger partial charge in [-0.1, -0.05) is 0 Å². The van der Waals surface area contributed by atoms with Gasteiger partial charge in [-0.2, -0.15) is 0 Å². The lowest BCUT2D eigenvalue weighted by Crippen LogP contribution is -2.51. The molecule has 122 valence electrons. The highest BCUT2D eigenvalue weighted by Gasteiger charge is 2.39. The van der Waals surface area contributed by atoms with Crippen molar-refractivity contribution >= 4 is 5.97 Å². The molecular weight excluding hydrogens is 268 g/mol. The number of methoxy groups -OCH3 is 2. The lowest BCUT2D eigenvalue weighted by molar-refractivity contribution is -0.148. The third-order valence-corrected chi connectivity index (χ3v) is 4.76. The molecule has 1 aliphatic carbocycles. The molecule has 0 aromatic heterocycles. The molecule has 0 aromatic carbocycles. The van der Waals surface area contributed by atoms with Crippen molar-refractivity contribution in [2.24, 2.45) is 0 Å². The Labute approximate surface area is 128 Å². The molecule has 1 atom stereocenters. The van der Waals surface area contributed by atoms with E-state index in [0.29, 0.717) is 12.1 Å². The van der Waals surface area contributed by atoms with Crippen LogP contribution in [0.1, 0.15) is 45.4 Å². The summed E-state index contributed by atoms with van der Waals surface area (Å²) >= 11 is 0. The van der Waals surface area contributed by atoms with Crippen LogP contribution in [0.25, 0.3) is 0 Å². The van der Waals surface area contributed by atoms with E-state index in [2.05, 4.69) is 10.2 Å². The van der Waals surface area contributed by atoms with E-state index in [1.165, 1.54) is 20.0 Å². The molecule has 1 saturated heterocycles. The van der Waals surface area contributed by atoms with Crippen LogP contribution in [0.5, 0.6) is 0 Å². The van der Waals surface area contributed by atoms with Crippen molar-refractivity contribution in [1.82, 2.24) is 10.2 Å². The molecule has 2 fully saturated rings. The topological polar surface area (TPSA) is 50.8 Å². The number of rotatable bonds is 8. The monoisotopic (exact) mass is 298 g/mol. The minimum Gasteiger partial charge on any atom is -0.468 e. The van der Waals surface area contributed by atoms with Gasteiger partial charge in [0, 0.05) is 26.2 Å². The molecule has 5 nitrogen and oxygen atoms in total. The molecule has 0 radical (unpaired) electrons. The van der Waals surface area contributed by atoms with Crippen LogP contribution < -0.4 is 5.32 Å². The second kappa shape index (κ2) is 7.56. The van der Waals surface area contributed by atoms with Crippen molar-refractivity contribution in [3.05, 3.63) is 0 Å². The normalized spacial score (nSPS) is 23.8. The molecule has 1 heterocycles. The van der Waals surface area contributed by atoms with E-state index in [0.717, 1.165) is 45.3 Å². The molecule has 0 bridgehead atoms. The standard InChI is InChI=1S/C16H30N2O3/c1-16(15(19)21-3,17-13-5-6-13)9-4-10-18-11-7-14(20-2)8-12-18/h13-14,17H,4-12H2,1-3H3. The van der Waals surface area contributed by atoms with E-state index in [-0.39, 0.29) is 5.97 Å². The highest BCUT2D eigenvalue weighted by molar-refractivity contribution is 5.80. The average molecular weight is 298 g/mol. The summed E-state index contributed by atoms with van der Waals surface area (Å²) in [5.41, 5.74) is -0.527. The van der Waals surface area contributed by atoms with Crippen molar-refractivity contribution in [1.29, 1.82) is 0 Å². The fourth-order valence-electron chi connectivity index (χ4n) is 3.16. The minimum absolute atomic E-state index is 0.132. The molecule has 1 N–H and O–H groups in total. The first-order chi connectivity index (χ1) is 10.1. The number of hydrogen-bond donors (Lipinski definition) is 1. The van der Waals surface area contributed by atoms with Crippen LogP contribution in [-0.2, 0) is 14.3 Å². The highest BCUT2D eigenvalue weighted by atomic mass is 16.5. The van der Waals surface area contributed by atoms with Crippen molar-refractivity contribution < 1.29 is 14.3 Å². The Morgan fingerprint density at radius 3 is 2.43 bits per heavy atom. The van der Waals surface area contributed by atoms with E-state index >= 15 is 0 Å². The second-order valence-electron chi connectivity index (χ2n) is 6.62. The van der Waals surface area contributed by atoms with Crippen molar-refractivity contribution in [2.45, 2.75) is 63.1 Å². The Balaban J connectivity index is 1.73. The number of esters is 1. The lowest BCUT2D eigenvalue weighted by atomic mass is 9.95. The Bertz CT molecular complexity index is 338. The summed E-state index contributed by atoms with van der Waals surface area (Å²) in [5.74, 6) is -0.132. The van der Waals surface area contributed by atoms with E-state index in [1.54, 1.807) is 7.11 Å². The number of carbonyl (C=O) groups excluding carboxylic acids is 1. The quantitative estimate of drug-likeness (QED) is 0.689. The predicted molar refractivity (Wildman–Crippen MR) is 82.3 cm³/mol. The van der Waals surface area contributed by atoms with Gasteiger partial charge in [-0.15, -0.1) is 0 Å². The maximum absolute atomic E-state index is 12.0. The summed E-state index contributed by atoms with van der Waals surface area (Å²) in [6.45, 7) is 5.23. The number of ether oxygens (including phenoxy) is 2. The van der Waals surface area contributed by atoms with Crippen LogP contribution in [-0.4, -0.2) is 62.4 Å². The number of piperidine rings is 1. The van der Waals surface area contributed by atoms with Gasteiger partial charge in [0.05, 0.1) is 13.2 Å². The maximum Gasteiger partial charge on any atom is 0.325 e. The lowest BCUT2D eigenvalue weighted by Gasteiger charge is -2.33. The molecule has 0 aromatic rings. The first-order valence-corrected chi connectivity index (χ1v) is 8.18. The zero-order chi connectivity index (χ0) is 15.3. The summed E-state index contributed by atoms with van der Waals surface area (Å²) in [4.78, 5) is 14.5. The molecule has 0 spiro atoms. The van der Waals surface area contributed by atoms with Crippen LogP contribution in [0.2, 0.25) is 0 Å². The third-order valence-electron chi connectivity index (χ3n) is 4.76. The van der Waals surface area contributed by atoms with Gasteiger partial charge >= 0.3 is 5.97 Å². The van der Waals surface area contributed by atoms with Gasteiger partial charge in [-0.3, -0.25) is 10.1 Å². The van der Waals surface area contributed by atoms with Crippen LogP contribution in [0, 0.1) is 0 Å². The van der Waals surface area contributed by atoms with Crippen LogP contribution in [0.3, 0.4) is 0 Å². The van der Waals surface area contributed by atoms with Gasteiger partial charge in [-0.05, 0) is 52.0 Å². The van der Waals surface area contributed by atoms with Gasteiger partial charge in [-0.25, -0.2) is 0 Å². The summed E-state index contributed by atoms with van der Waals surface area (Å²) < 4.78 is 10.4. The molecular formula is C16H30N2O3. The molecule has 1 saturated carbocycles. The number of hydrogen-bond acceptors (Lipinski definition) is 5. The largest absolute Gasteiger partial charge is 0.468 e. The number of nitrogens with zero attached hydrogens (tertiary/aromatic N) is 1. The first-order valence-electron chi connectivity index (χ1n) is 8.18. The average Bonchev–Trinajstić information content (AvgIpc) is 3.30. The molecule has 1 aliphatic heterocycles. The van der Waals surface area contributed by atoms with Crippen LogP contribution in [0.4, 0.5) is 0 Å². The van der Waals surface area contributed by atoms with Gasteiger partial charge in [0.25, 0.3) is 0 Å². The summed E-state index contributed by atoms with van der Waals surface area (Å²) in [6, 6.07) is 0.506. The summed E-state index contributed by atoms with van der Waals surface area (Å²) in [5, 5.41) is 3.46. The number of carbonyl (C=O) groups is 1. The van der Waals surface area contributed by atoms with Crippen molar-refractivity contribution in [2.75, 3.05) is 33.9 Å². The zero-order valence-corrected chi connectivity index (χ0v) is 13.7. The smallest absolute Gasteiger partial charge is 0.325 e. The van der Waals surface area contributed by atoms with Gasteiger partial charge in [0.15, 0.2) is 0 Å². The SMILES string of the molecule is COC(=O)C(C)(CCCN1CCC(OC)CC1)NC1CC1. The number of likely N-dealkylation sites (tertiary alicyclic amines) is 1. The second-order valence-corrected chi connectivity index (χ2v) is 6.62. The van der Waals surface area contributed by atoms with Crippen molar-refractivity contribution in [3.8, 4) is 0 Å². The molecule has 5 heteroatoms. The zero-order valence-electron chi connectivity index (χ0n) is 13.7. The fourth-order valence-corrected chi connectivity index (χ4v) is 3.16. The van der Waals surface area contributed by atoms with E-state index in [1.807, 2.05) is 6.92 Å². The van der Waals surface area contributed by atoms with Crippen molar-refractivity contribution in [3.63, 3.8) is 0 Å². The summed E-state index contributed by atoms with van der Waals surface area (Å²) in [7, 11) is 3.27. The minimum atomic E-state index is -0.527. The first kappa shape index (κ1) is 16.7. The molecule has 2 rings (SSSR count).